The number of halogens is 1. The molecule has 6 heteroatoms. The number of primary amides is 1. The van der Waals surface area contributed by atoms with Crippen LogP contribution in [-0.2, 0) is 0 Å². The Balaban J connectivity index is 2.41. The average Bonchev–Trinajstić information content (AvgIpc) is 2.78. The fourth-order valence-electron chi connectivity index (χ4n) is 1.56. The number of rotatable bonds is 3. The third kappa shape index (κ3) is 2.44. The molecular weight excluding hydrogens is 298 g/mol. The molecule has 3 N–H and O–H groups in total. The molecule has 0 aliphatic heterocycles. The lowest BCUT2D eigenvalue weighted by atomic mass is 10.1. The predicted molar refractivity (Wildman–Crippen MR) is 70.4 cm³/mol. The van der Waals surface area contributed by atoms with Gasteiger partial charge in [-0.25, -0.2) is 4.68 Å². The normalized spacial score (nSPS) is 12.4. The lowest BCUT2D eigenvalue weighted by molar-refractivity contribution is 0.0995. The number of hydrogen-bond acceptors (Lipinski definition) is 3. The summed E-state index contributed by atoms with van der Waals surface area (Å²) >= 11 is 3.41. The molecule has 0 saturated heterocycles. The minimum atomic E-state index is -0.564. The summed E-state index contributed by atoms with van der Waals surface area (Å²) < 4.78 is 2.33. The molecule has 1 heterocycles. The van der Waals surface area contributed by atoms with Gasteiger partial charge in [0, 0.05) is 10.7 Å². The molecule has 1 aromatic carbocycles. The van der Waals surface area contributed by atoms with Gasteiger partial charge in [0.2, 0.25) is 0 Å². The van der Waals surface area contributed by atoms with Crippen LogP contribution in [0.5, 0.6) is 0 Å². The van der Waals surface area contributed by atoms with Crippen molar-refractivity contribution in [2.45, 2.75) is 13.0 Å². The SMILES string of the molecule is C[C@H](O)c1ccc(-n2ccc(C(N)=O)n2)c(Br)c1. The van der Waals surface area contributed by atoms with Crippen LogP contribution in [0.2, 0.25) is 0 Å². The molecule has 94 valence electrons. The molecule has 1 amide bonds. The fraction of sp³-hybridized carbons (Fsp3) is 0.167. The quantitative estimate of drug-likeness (QED) is 0.907. The van der Waals surface area contributed by atoms with E-state index in [9.17, 15) is 9.90 Å². The van der Waals surface area contributed by atoms with Crippen molar-refractivity contribution in [1.82, 2.24) is 9.78 Å². The number of nitrogens with zero attached hydrogens (tertiary/aromatic N) is 2. The third-order valence-electron chi connectivity index (χ3n) is 2.54. The third-order valence-corrected chi connectivity index (χ3v) is 3.18. The first-order chi connectivity index (χ1) is 8.49. The Labute approximate surface area is 112 Å². The van der Waals surface area contributed by atoms with Crippen LogP contribution in [0.25, 0.3) is 5.69 Å². The molecule has 2 rings (SSSR count). The van der Waals surface area contributed by atoms with Crippen molar-refractivity contribution >= 4 is 21.8 Å². The maximum absolute atomic E-state index is 11.0. The lowest BCUT2D eigenvalue weighted by Gasteiger charge is -2.09. The van der Waals surface area contributed by atoms with Crippen molar-refractivity contribution in [1.29, 1.82) is 0 Å². The minimum absolute atomic E-state index is 0.210. The highest BCUT2D eigenvalue weighted by Crippen LogP contribution is 2.25. The topological polar surface area (TPSA) is 81.1 Å². The monoisotopic (exact) mass is 309 g/mol. The number of amides is 1. The number of carbonyl (C=O) groups is 1. The van der Waals surface area contributed by atoms with Crippen LogP contribution in [0, 0.1) is 0 Å². The standard InChI is InChI=1S/C12H12BrN3O2/c1-7(17)8-2-3-11(9(13)6-8)16-5-4-10(15-16)12(14)18/h2-7,17H,1H3,(H2,14,18)/t7-/m0/s1. The summed E-state index contributed by atoms with van der Waals surface area (Å²) in [5, 5.41) is 13.5. The van der Waals surface area contributed by atoms with E-state index in [1.54, 1.807) is 29.9 Å². The van der Waals surface area contributed by atoms with Crippen LogP contribution in [0.3, 0.4) is 0 Å². The Morgan fingerprint density at radius 3 is 2.72 bits per heavy atom. The Bertz CT molecular complexity index is 593. The lowest BCUT2D eigenvalue weighted by Crippen LogP contribution is -2.12. The smallest absolute Gasteiger partial charge is 0.269 e. The van der Waals surface area contributed by atoms with Crippen LogP contribution in [0.1, 0.15) is 29.1 Å². The van der Waals surface area contributed by atoms with Gasteiger partial charge in [-0.15, -0.1) is 0 Å². The fourth-order valence-corrected chi connectivity index (χ4v) is 2.14. The van der Waals surface area contributed by atoms with Crippen LogP contribution >= 0.6 is 15.9 Å². The van der Waals surface area contributed by atoms with E-state index in [0.29, 0.717) is 0 Å². The number of aromatic nitrogens is 2. The van der Waals surface area contributed by atoms with Gasteiger partial charge in [-0.2, -0.15) is 5.10 Å². The first kappa shape index (κ1) is 12.8. The summed E-state index contributed by atoms with van der Waals surface area (Å²) in [6.45, 7) is 1.69. The highest BCUT2D eigenvalue weighted by Gasteiger charge is 2.10. The summed E-state index contributed by atoms with van der Waals surface area (Å²) in [7, 11) is 0. The molecule has 5 nitrogen and oxygen atoms in total. The summed E-state index contributed by atoms with van der Waals surface area (Å²) in [6, 6.07) is 6.98. The zero-order valence-corrected chi connectivity index (χ0v) is 11.3. The van der Waals surface area contributed by atoms with Gasteiger partial charge < -0.3 is 10.8 Å². The van der Waals surface area contributed by atoms with Crippen molar-refractivity contribution in [2.24, 2.45) is 5.73 Å². The minimum Gasteiger partial charge on any atom is -0.389 e. The highest BCUT2D eigenvalue weighted by molar-refractivity contribution is 9.10. The molecule has 0 fully saturated rings. The van der Waals surface area contributed by atoms with E-state index in [4.69, 9.17) is 5.73 Å². The van der Waals surface area contributed by atoms with Crippen molar-refractivity contribution in [3.8, 4) is 5.69 Å². The van der Waals surface area contributed by atoms with E-state index >= 15 is 0 Å². The van der Waals surface area contributed by atoms with E-state index in [2.05, 4.69) is 21.0 Å². The summed E-state index contributed by atoms with van der Waals surface area (Å²) in [5.41, 5.74) is 6.93. The van der Waals surface area contributed by atoms with Gasteiger partial charge in [0.25, 0.3) is 5.91 Å². The second-order valence-electron chi connectivity index (χ2n) is 3.90. The summed E-state index contributed by atoms with van der Waals surface area (Å²) in [5.74, 6) is -0.564. The Kier molecular flexibility index (Phi) is 3.49. The van der Waals surface area contributed by atoms with Gasteiger partial charge in [-0.1, -0.05) is 6.07 Å². The molecule has 0 saturated carbocycles. The van der Waals surface area contributed by atoms with Crippen LogP contribution in [0.15, 0.2) is 34.9 Å². The maximum Gasteiger partial charge on any atom is 0.269 e. The van der Waals surface area contributed by atoms with Crippen molar-refractivity contribution in [2.75, 3.05) is 0 Å². The van der Waals surface area contributed by atoms with Gasteiger partial charge >= 0.3 is 0 Å². The van der Waals surface area contributed by atoms with E-state index in [1.165, 1.54) is 0 Å². The van der Waals surface area contributed by atoms with E-state index < -0.39 is 12.0 Å². The Hall–Kier alpha value is -1.66. The van der Waals surface area contributed by atoms with Crippen molar-refractivity contribution < 1.29 is 9.90 Å². The maximum atomic E-state index is 11.0. The van der Waals surface area contributed by atoms with Crippen molar-refractivity contribution in [3.63, 3.8) is 0 Å². The number of benzene rings is 1. The second kappa shape index (κ2) is 4.91. The predicted octanol–water partition coefficient (Wildman–Crippen LogP) is 1.79. The Morgan fingerprint density at radius 2 is 2.22 bits per heavy atom. The molecule has 2 aromatic rings. The van der Waals surface area contributed by atoms with Crippen LogP contribution in [-0.4, -0.2) is 20.8 Å². The zero-order chi connectivity index (χ0) is 13.3. The van der Waals surface area contributed by atoms with Gasteiger partial charge in [0.1, 0.15) is 5.69 Å². The van der Waals surface area contributed by atoms with E-state index in [0.717, 1.165) is 15.7 Å². The zero-order valence-electron chi connectivity index (χ0n) is 9.67. The number of carbonyl (C=O) groups excluding carboxylic acids is 1. The van der Waals surface area contributed by atoms with Crippen LogP contribution in [0.4, 0.5) is 0 Å². The first-order valence-electron chi connectivity index (χ1n) is 5.32. The van der Waals surface area contributed by atoms with Crippen LogP contribution < -0.4 is 5.73 Å². The van der Waals surface area contributed by atoms with Gasteiger partial charge in [-0.3, -0.25) is 4.79 Å². The van der Waals surface area contributed by atoms with Crippen molar-refractivity contribution in [3.05, 3.63) is 46.2 Å². The largest absolute Gasteiger partial charge is 0.389 e. The first-order valence-corrected chi connectivity index (χ1v) is 6.11. The molecule has 0 aliphatic carbocycles. The highest BCUT2D eigenvalue weighted by atomic mass is 79.9. The molecule has 18 heavy (non-hydrogen) atoms. The number of hydrogen-bond donors (Lipinski definition) is 2. The molecule has 0 aliphatic rings. The molecular formula is C12H12BrN3O2. The number of nitrogens with two attached hydrogens (primary N) is 1. The molecule has 0 bridgehead atoms. The summed E-state index contributed by atoms with van der Waals surface area (Å²) in [6.07, 6.45) is 1.12. The molecule has 0 unspecified atom stereocenters. The Morgan fingerprint density at radius 1 is 1.50 bits per heavy atom. The average molecular weight is 310 g/mol. The van der Waals surface area contributed by atoms with Gasteiger partial charge in [-0.05, 0) is 46.6 Å². The van der Waals surface area contributed by atoms with Gasteiger partial charge in [0.05, 0.1) is 11.8 Å². The second-order valence-corrected chi connectivity index (χ2v) is 4.75. The van der Waals surface area contributed by atoms with E-state index in [1.807, 2.05) is 12.1 Å². The molecule has 1 aromatic heterocycles. The molecule has 0 spiro atoms. The number of aliphatic hydroxyl groups is 1. The summed E-state index contributed by atoms with van der Waals surface area (Å²) in [4.78, 5) is 11.0. The molecule has 1 atom stereocenters. The number of aliphatic hydroxyl groups excluding tert-OH is 1. The molecule has 0 radical (unpaired) electrons. The van der Waals surface area contributed by atoms with E-state index in [-0.39, 0.29) is 5.69 Å². The van der Waals surface area contributed by atoms with Gasteiger partial charge in [0.15, 0.2) is 0 Å².